The minimum atomic E-state index is -5.65. The van der Waals surface area contributed by atoms with Crippen molar-refractivity contribution in [2.45, 2.75) is 27.3 Å². The van der Waals surface area contributed by atoms with Crippen LogP contribution >= 0.6 is 23.5 Å². The lowest BCUT2D eigenvalue weighted by atomic mass is 9.64. The van der Waals surface area contributed by atoms with Crippen LogP contribution in [-0.4, -0.2) is 17.8 Å². The molecule has 4 aromatic rings. The molecule has 2 unspecified atom stereocenters. The van der Waals surface area contributed by atoms with Crippen molar-refractivity contribution in [3.05, 3.63) is 178 Å². The lowest BCUT2D eigenvalue weighted by molar-refractivity contribution is -0.258. The SMILES string of the molecule is FC1(F)C2=C3C=C(c4ccccc4)SC3(c3ccccc3)C3(c4ccccc4)SC(c4ccccc4)=CC3=C2C(F)(F)C1(F)F. The molecule has 0 amide bonds. The molecular weight excluding hydrogens is 623 g/mol. The number of halogens is 6. The first-order chi connectivity index (χ1) is 21.6. The zero-order valence-corrected chi connectivity index (χ0v) is 24.9. The highest BCUT2D eigenvalue weighted by molar-refractivity contribution is 8.13. The number of rotatable bonds is 4. The van der Waals surface area contributed by atoms with E-state index in [2.05, 4.69) is 0 Å². The zero-order chi connectivity index (χ0) is 31.2. The van der Waals surface area contributed by atoms with Gasteiger partial charge in [0, 0.05) is 21.0 Å². The van der Waals surface area contributed by atoms with E-state index in [0.29, 0.717) is 32.1 Å². The lowest BCUT2D eigenvalue weighted by Gasteiger charge is -2.51. The number of fused-ring (bicyclic) bond motifs is 4. The molecule has 1 saturated carbocycles. The fourth-order valence-electron chi connectivity index (χ4n) is 7.09. The normalized spacial score (nSPS) is 27.1. The Morgan fingerprint density at radius 3 is 1.04 bits per heavy atom. The van der Waals surface area contributed by atoms with Crippen LogP contribution in [-0.2, 0) is 9.49 Å². The van der Waals surface area contributed by atoms with Crippen molar-refractivity contribution in [1.82, 2.24) is 0 Å². The molecule has 2 atom stereocenters. The molecule has 224 valence electrons. The third kappa shape index (κ3) is 3.50. The van der Waals surface area contributed by atoms with E-state index in [1.165, 1.54) is 35.7 Å². The standard InChI is InChI=1S/C37H22F6S2/c38-35(39)31-27-21-29(23-13-5-1-6-14-23)44-33(27,25-17-9-3-10-18-25)34(26-19-11-4-12-20-26)28(32(31)36(40,41)37(35,42)43)22-30(45-34)24-15-7-2-8-16-24/h1-22H. The zero-order valence-electron chi connectivity index (χ0n) is 23.3. The van der Waals surface area contributed by atoms with Crippen LogP contribution < -0.4 is 0 Å². The Labute approximate surface area is 264 Å². The van der Waals surface area contributed by atoms with E-state index in [-0.39, 0.29) is 11.1 Å². The lowest BCUT2D eigenvalue weighted by Crippen LogP contribution is -2.48. The number of benzene rings is 4. The molecule has 2 heterocycles. The Kier molecular flexibility index (Phi) is 6.08. The van der Waals surface area contributed by atoms with Gasteiger partial charge in [0.2, 0.25) is 0 Å². The van der Waals surface area contributed by atoms with Gasteiger partial charge < -0.3 is 0 Å². The maximum Gasteiger partial charge on any atom is 0.380 e. The van der Waals surface area contributed by atoms with E-state index < -0.39 is 38.4 Å². The number of allylic oxidation sites excluding steroid dienone is 4. The van der Waals surface area contributed by atoms with Crippen molar-refractivity contribution >= 4 is 33.3 Å². The summed E-state index contributed by atoms with van der Waals surface area (Å²) in [5.41, 5.74) is -0.583. The summed E-state index contributed by atoms with van der Waals surface area (Å²) >= 11 is 2.51. The Morgan fingerprint density at radius 1 is 0.400 bits per heavy atom. The highest BCUT2D eigenvalue weighted by Gasteiger charge is 2.85. The number of alkyl halides is 6. The monoisotopic (exact) mass is 644 g/mol. The minimum absolute atomic E-state index is 0.225. The summed E-state index contributed by atoms with van der Waals surface area (Å²) in [6.45, 7) is 0. The topological polar surface area (TPSA) is 0 Å². The first-order valence-electron chi connectivity index (χ1n) is 14.2. The predicted molar refractivity (Wildman–Crippen MR) is 169 cm³/mol. The fourth-order valence-corrected chi connectivity index (χ4v) is 10.7. The summed E-state index contributed by atoms with van der Waals surface area (Å²) in [5.74, 6) is -15.9. The second-order valence-electron chi connectivity index (χ2n) is 11.3. The van der Waals surface area contributed by atoms with Crippen molar-refractivity contribution < 1.29 is 26.3 Å². The van der Waals surface area contributed by atoms with E-state index in [9.17, 15) is 0 Å². The number of thioether (sulfide) groups is 2. The average molecular weight is 645 g/mol. The molecule has 0 saturated heterocycles. The Balaban J connectivity index is 1.58. The molecule has 4 aliphatic rings. The summed E-state index contributed by atoms with van der Waals surface area (Å²) < 4.78 is 93.0. The van der Waals surface area contributed by atoms with Crippen molar-refractivity contribution in [2.24, 2.45) is 0 Å². The molecule has 2 aliphatic carbocycles. The molecule has 0 nitrogen and oxygen atoms in total. The van der Waals surface area contributed by atoms with Gasteiger partial charge in [-0.2, -0.15) is 26.3 Å². The van der Waals surface area contributed by atoms with Crippen LogP contribution in [0.15, 0.2) is 156 Å². The van der Waals surface area contributed by atoms with E-state index in [0.717, 1.165) is 0 Å². The summed E-state index contributed by atoms with van der Waals surface area (Å²) in [7, 11) is 0. The summed E-state index contributed by atoms with van der Waals surface area (Å²) in [6.07, 6.45) is 2.88. The molecule has 0 aromatic heterocycles. The minimum Gasteiger partial charge on any atom is -0.194 e. The summed E-state index contributed by atoms with van der Waals surface area (Å²) in [4.78, 5) is 1.06. The third-order valence-electron chi connectivity index (χ3n) is 9.01. The first kappa shape index (κ1) is 28.6. The summed E-state index contributed by atoms with van der Waals surface area (Å²) in [6, 6.07) is 35.7. The molecule has 8 rings (SSSR count). The molecule has 0 spiro atoms. The Bertz CT molecular complexity index is 1820. The van der Waals surface area contributed by atoms with Crippen LogP contribution in [0.2, 0.25) is 0 Å². The second-order valence-corrected chi connectivity index (χ2v) is 13.9. The van der Waals surface area contributed by atoms with E-state index in [1.807, 2.05) is 12.1 Å². The van der Waals surface area contributed by atoms with Gasteiger partial charge in [0.15, 0.2) is 0 Å². The molecule has 0 radical (unpaired) electrons. The van der Waals surface area contributed by atoms with E-state index >= 15 is 26.3 Å². The van der Waals surface area contributed by atoms with Crippen LogP contribution in [0.1, 0.15) is 22.3 Å². The number of hydrogen-bond acceptors (Lipinski definition) is 2. The van der Waals surface area contributed by atoms with Gasteiger partial charge in [-0.3, -0.25) is 0 Å². The van der Waals surface area contributed by atoms with Crippen molar-refractivity contribution in [1.29, 1.82) is 0 Å². The van der Waals surface area contributed by atoms with Gasteiger partial charge in [-0.15, -0.1) is 23.5 Å². The van der Waals surface area contributed by atoms with Gasteiger partial charge in [0.1, 0.15) is 0 Å². The highest BCUT2D eigenvalue weighted by atomic mass is 32.2. The Hall–Kier alpha value is -3.88. The van der Waals surface area contributed by atoms with Gasteiger partial charge in [-0.25, -0.2) is 0 Å². The van der Waals surface area contributed by atoms with Crippen LogP contribution in [0.4, 0.5) is 26.3 Å². The van der Waals surface area contributed by atoms with Gasteiger partial charge in [-0.1, -0.05) is 121 Å². The van der Waals surface area contributed by atoms with Crippen LogP contribution in [0.5, 0.6) is 0 Å². The van der Waals surface area contributed by atoms with Gasteiger partial charge >= 0.3 is 17.8 Å². The second kappa shape index (κ2) is 9.56. The Morgan fingerprint density at radius 2 is 0.711 bits per heavy atom. The smallest absolute Gasteiger partial charge is 0.194 e. The quantitative estimate of drug-likeness (QED) is 0.203. The molecule has 1 fully saturated rings. The van der Waals surface area contributed by atoms with Crippen LogP contribution in [0.25, 0.3) is 9.81 Å². The van der Waals surface area contributed by atoms with Gasteiger partial charge in [0.25, 0.3) is 0 Å². The van der Waals surface area contributed by atoms with Crippen molar-refractivity contribution in [3.63, 3.8) is 0 Å². The first-order valence-corrected chi connectivity index (χ1v) is 15.9. The van der Waals surface area contributed by atoms with E-state index in [1.54, 1.807) is 109 Å². The number of hydrogen-bond donors (Lipinski definition) is 0. The molecular formula is C37H22F6S2. The largest absolute Gasteiger partial charge is 0.380 e. The maximum absolute atomic E-state index is 16.2. The molecule has 0 bridgehead atoms. The van der Waals surface area contributed by atoms with Crippen LogP contribution in [0.3, 0.4) is 0 Å². The summed E-state index contributed by atoms with van der Waals surface area (Å²) in [5, 5.41) is 0. The van der Waals surface area contributed by atoms with Crippen LogP contribution in [0, 0.1) is 0 Å². The third-order valence-corrected chi connectivity index (χ3v) is 12.4. The highest BCUT2D eigenvalue weighted by Crippen LogP contribution is 2.80. The molecule has 2 aliphatic heterocycles. The molecule has 45 heavy (non-hydrogen) atoms. The molecule has 8 heteroatoms. The fraction of sp³-hybridized carbons (Fsp3) is 0.135. The van der Waals surface area contributed by atoms with Gasteiger partial charge in [0.05, 0.1) is 9.49 Å². The average Bonchev–Trinajstić information content (AvgIpc) is 3.69. The predicted octanol–water partition coefficient (Wildman–Crippen LogP) is 10.9. The van der Waals surface area contributed by atoms with E-state index in [4.69, 9.17) is 0 Å². The molecule has 4 aromatic carbocycles. The molecule has 0 N–H and O–H groups in total. The van der Waals surface area contributed by atoms with Crippen molar-refractivity contribution in [2.75, 3.05) is 0 Å². The van der Waals surface area contributed by atoms with Gasteiger partial charge in [-0.05, 0) is 45.6 Å². The van der Waals surface area contributed by atoms with Crippen molar-refractivity contribution in [3.8, 4) is 0 Å². The maximum atomic E-state index is 16.2.